The van der Waals surface area contributed by atoms with E-state index < -0.39 is 5.97 Å². The molecule has 1 aliphatic heterocycles. The number of amides is 2. The Hall–Kier alpha value is -2.19. The van der Waals surface area contributed by atoms with Crippen LogP contribution in [-0.4, -0.2) is 40.1 Å². The average Bonchev–Trinajstić information content (AvgIpc) is 2.86. The first-order valence-electron chi connectivity index (χ1n) is 8.24. The van der Waals surface area contributed by atoms with Crippen LogP contribution in [0, 0.1) is 0 Å². The van der Waals surface area contributed by atoms with E-state index in [1.807, 2.05) is 30.3 Å². The number of carboxylic acid groups (broad SMARTS) is 1. The molecular weight excluding hydrogens is 372 g/mol. The van der Waals surface area contributed by atoms with Gasteiger partial charge in [0.15, 0.2) is 0 Å². The van der Waals surface area contributed by atoms with Gasteiger partial charge in [-0.15, -0.1) is 0 Å². The minimum absolute atomic E-state index is 0.0260. The summed E-state index contributed by atoms with van der Waals surface area (Å²) in [5.74, 6) is -1.62. The molecule has 1 fully saturated rings. The second-order valence-electron chi connectivity index (χ2n) is 5.71. The van der Waals surface area contributed by atoms with Crippen LogP contribution in [0.1, 0.15) is 31.2 Å². The quantitative estimate of drug-likeness (QED) is 0.388. The Morgan fingerprint density at radius 3 is 2.62 bits per heavy atom. The van der Waals surface area contributed by atoms with Crippen molar-refractivity contribution >= 4 is 52.2 Å². The van der Waals surface area contributed by atoms with Gasteiger partial charge < -0.3 is 15.2 Å². The third-order valence-corrected chi connectivity index (χ3v) is 5.03. The number of nitrogens with zero attached hydrogens (tertiary/aromatic N) is 1. The van der Waals surface area contributed by atoms with Gasteiger partial charge in [-0.3, -0.25) is 14.5 Å². The number of thiocarbonyl (C=S) groups is 1. The average molecular weight is 391 g/mol. The molecule has 1 aromatic carbocycles. The van der Waals surface area contributed by atoms with E-state index in [1.54, 1.807) is 6.08 Å². The van der Waals surface area contributed by atoms with Gasteiger partial charge in [0.2, 0.25) is 5.91 Å². The number of carbonyl (C=O) groups is 3. The molecule has 1 N–H and O–H groups in total. The molecule has 8 heteroatoms. The van der Waals surface area contributed by atoms with Gasteiger partial charge in [0, 0.05) is 12.5 Å². The van der Waals surface area contributed by atoms with Crippen LogP contribution in [0.15, 0.2) is 35.2 Å². The zero-order chi connectivity index (χ0) is 18.9. The van der Waals surface area contributed by atoms with Crippen molar-refractivity contribution in [2.75, 3.05) is 13.1 Å². The predicted molar refractivity (Wildman–Crippen MR) is 103 cm³/mol. The first-order valence-corrected chi connectivity index (χ1v) is 9.47. The van der Waals surface area contributed by atoms with Gasteiger partial charge in [0.1, 0.15) is 10.9 Å². The molecule has 0 aromatic heterocycles. The zero-order valence-electron chi connectivity index (χ0n) is 14.1. The van der Waals surface area contributed by atoms with E-state index in [1.165, 1.54) is 16.7 Å². The lowest BCUT2D eigenvalue weighted by Crippen LogP contribution is -2.39. The fourth-order valence-electron chi connectivity index (χ4n) is 2.34. The lowest BCUT2D eigenvalue weighted by atomic mass is 10.2. The SMILES string of the molecule is O=C([O-])CCCCCNC(=O)CN1C(=O)/C(=C/c2ccccc2)SC1=S. The minimum Gasteiger partial charge on any atom is -0.550 e. The van der Waals surface area contributed by atoms with Crippen molar-refractivity contribution in [3.63, 3.8) is 0 Å². The highest BCUT2D eigenvalue weighted by atomic mass is 32.2. The molecule has 2 amide bonds. The molecule has 0 atom stereocenters. The van der Waals surface area contributed by atoms with Crippen molar-refractivity contribution in [3.8, 4) is 0 Å². The first-order chi connectivity index (χ1) is 12.5. The fourth-order valence-corrected chi connectivity index (χ4v) is 3.59. The molecule has 2 rings (SSSR count). The van der Waals surface area contributed by atoms with E-state index in [4.69, 9.17) is 12.2 Å². The molecule has 1 aromatic rings. The fraction of sp³-hybridized carbons (Fsp3) is 0.333. The highest BCUT2D eigenvalue weighted by Gasteiger charge is 2.33. The van der Waals surface area contributed by atoms with Crippen LogP contribution in [0.4, 0.5) is 0 Å². The Labute approximate surface area is 161 Å². The van der Waals surface area contributed by atoms with Crippen molar-refractivity contribution in [1.82, 2.24) is 10.2 Å². The summed E-state index contributed by atoms with van der Waals surface area (Å²) >= 11 is 6.39. The van der Waals surface area contributed by atoms with E-state index in [9.17, 15) is 19.5 Å². The molecule has 6 nitrogen and oxygen atoms in total. The maximum absolute atomic E-state index is 12.4. The molecule has 1 heterocycles. The topological polar surface area (TPSA) is 89.5 Å². The van der Waals surface area contributed by atoms with Crippen molar-refractivity contribution < 1.29 is 19.5 Å². The molecule has 0 saturated carbocycles. The summed E-state index contributed by atoms with van der Waals surface area (Å²) in [6.45, 7) is 0.316. The van der Waals surface area contributed by atoms with Gasteiger partial charge in [-0.1, -0.05) is 60.7 Å². The number of nitrogens with one attached hydrogen (secondary N) is 1. The van der Waals surface area contributed by atoms with Gasteiger partial charge in [0.25, 0.3) is 5.91 Å². The molecular formula is C18H19N2O4S2-. The largest absolute Gasteiger partial charge is 0.550 e. The molecule has 0 radical (unpaired) electrons. The summed E-state index contributed by atoms with van der Waals surface area (Å²) in [4.78, 5) is 36.5. The van der Waals surface area contributed by atoms with Crippen molar-refractivity contribution in [3.05, 3.63) is 40.8 Å². The van der Waals surface area contributed by atoms with E-state index in [0.29, 0.717) is 35.0 Å². The van der Waals surface area contributed by atoms with Crippen LogP contribution in [0.5, 0.6) is 0 Å². The van der Waals surface area contributed by atoms with Crippen LogP contribution in [0.25, 0.3) is 6.08 Å². The smallest absolute Gasteiger partial charge is 0.266 e. The van der Waals surface area contributed by atoms with E-state index >= 15 is 0 Å². The Balaban J connectivity index is 1.79. The van der Waals surface area contributed by atoms with E-state index in [-0.39, 0.29) is 24.8 Å². The van der Waals surface area contributed by atoms with Crippen molar-refractivity contribution in [1.29, 1.82) is 0 Å². The van der Waals surface area contributed by atoms with Crippen molar-refractivity contribution in [2.45, 2.75) is 25.7 Å². The number of rotatable bonds is 9. The number of hydrogen-bond acceptors (Lipinski definition) is 6. The van der Waals surface area contributed by atoms with Crippen molar-refractivity contribution in [2.24, 2.45) is 0 Å². The van der Waals surface area contributed by atoms with Crippen LogP contribution in [0.3, 0.4) is 0 Å². The Morgan fingerprint density at radius 2 is 1.92 bits per heavy atom. The second-order valence-corrected chi connectivity index (χ2v) is 7.39. The molecule has 0 unspecified atom stereocenters. The van der Waals surface area contributed by atoms with Crippen LogP contribution in [0.2, 0.25) is 0 Å². The minimum atomic E-state index is -1.06. The van der Waals surface area contributed by atoms with Gasteiger partial charge in [-0.25, -0.2) is 0 Å². The maximum atomic E-state index is 12.4. The maximum Gasteiger partial charge on any atom is 0.266 e. The normalized spacial score (nSPS) is 15.5. The van der Waals surface area contributed by atoms with Crippen LogP contribution >= 0.6 is 24.0 Å². The number of hydrogen-bond donors (Lipinski definition) is 1. The lowest BCUT2D eigenvalue weighted by Gasteiger charge is -2.14. The zero-order valence-corrected chi connectivity index (χ0v) is 15.7. The molecule has 26 heavy (non-hydrogen) atoms. The number of thioether (sulfide) groups is 1. The highest BCUT2D eigenvalue weighted by Crippen LogP contribution is 2.32. The summed E-state index contributed by atoms with van der Waals surface area (Å²) in [5.41, 5.74) is 0.897. The molecule has 138 valence electrons. The summed E-state index contributed by atoms with van der Waals surface area (Å²) in [6, 6.07) is 9.44. The van der Waals surface area contributed by atoms with E-state index in [2.05, 4.69) is 5.32 Å². The standard InChI is InChI=1S/C18H20N2O4S2/c21-15(19-10-6-2-5-9-16(22)23)12-20-17(24)14(26-18(20)25)11-13-7-3-1-4-8-13/h1,3-4,7-8,11H,2,5-6,9-10,12H2,(H,19,21)(H,22,23)/p-1/b14-11-. The van der Waals surface area contributed by atoms with Gasteiger partial charge in [-0.2, -0.15) is 0 Å². The molecule has 1 aliphatic rings. The van der Waals surface area contributed by atoms with Crippen LogP contribution in [-0.2, 0) is 14.4 Å². The number of carbonyl (C=O) groups excluding carboxylic acids is 3. The molecule has 0 bridgehead atoms. The van der Waals surface area contributed by atoms with Gasteiger partial charge in [0.05, 0.1) is 4.91 Å². The third-order valence-electron chi connectivity index (χ3n) is 3.65. The molecule has 0 aliphatic carbocycles. The summed E-state index contributed by atoms with van der Waals surface area (Å²) in [7, 11) is 0. The molecule has 1 saturated heterocycles. The Bertz CT molecular complexity index is 719. The monoisotopic (exact) mass is 391 g/mol. The number of unbranched alkanes of at least 4 members (excludes halogenated alkanes) is 2. The number of aliphatic carboxylic acids is 1. The van der Waals surface area contributed by atoms with Crippen LogP contribution < -0.4 is 10.4 Å². The summed E-state index contributed by atoms with van der Waals surface area (Å²) in [5, 5.41) is 13.0. The third kappa shape index (κ3) is 6.27. The van der Waals surface area contributed by atoms with E-state index in [0.717, 1.165) is 5.56 Å². The number of benzene rings is 1. The van der Waals surface area contributed by atoms with Gasteiger partial charge in [-0.05, 0) is 30.9 Å². The Kier molecular flexibility index (Phi) is 7.80. The second kappa shape index (κ2) is 10.1. The summed E-state index contributed by atoms with van der Waals surface area (Å²) in [6.07, 6.45) is 3.67. The number of carboxylic acids is 1. The lowest BCUT2D eigenvalue weighted by molar-refractivity contribution is -0.305. The Morgan fingerprint density at radius 1 is 1.19 bits per heavy atom. The van der Waals surface area contributed by atoms with Gasteiger partial charge >= 0.3 is 0 Å². The molecule has 0 spiro atoms. The summed E-state index contributed by atoms with van der Waals surface area (Å²) < 4.78 is 0.362. The first kappa shape index (κ1) is 20.1. The highest BCUT2D eigenvalue weighted by molar-refractivity contribution is 8.26. The predicted octanol–water partition coefficient (Wildman–Crippen LogP) is 1.31.